The highest BCUT2D eigenvalue weighted by molar-refractivity contribution is 7.96. The summed E-state index contributed by atoms with van der Waals surface area (Å²) in [5.74, 6) is -3.74. The van der Waals surface area contributed by atoms with Gasteiger partial charge >= 0.3 is 0 Å². The zero-order chi connectivity index (χ0) is 22.4. The van der Waals surface area contributed by atoms with Gasteiger partial charge in [0.25, 0.3) is 15.9 Å². The first-order chi connectivity index (χ1) is 14.4. The van der Waals surface area contributed by atoms with Crippen molar-refractivity contribution < 1.29 is 21.6 Å². The fraction of sp³-hybridized carbons (Fsp3) is 0.650. The number of thiazole rings is 1. The number of allylic oxidation sites excluding steroid dienone is 4. The third-order valence-corrected chi connectivity index (χ3v) is 9.98. The van der Waals surface area contributed by atoms with Crippen LogP contribution in [0.4, 0.5) is 18.3 Å². The van der Waals surface area contributed by atoms with E-state index in [-0.39, 0.29) is 34.5 Å². The number of nitrogens with zero attached hydrogens (tertiary/aromatic N) is 2. The van der Waals surface area contributed by atoms with Crippen molar-refractivity contribution in [2.75, 3.05) is 18.8 Å². The highest BCUT2D eigenvalue weighted by Crippen LogP contribution is 2.98. The summed E-state index contributed by atoms with van der Waals surface area (Å²) in [5, 5.41) is 5.11. The van der Waals surface area contributed by atoms with Crippen molar-refractivity contribution >= 4 is 26.5 Å². The van der Waals surface area contributed by atoms with Crippen molar-refractivity contribution in [2.24, 2.45) is 16.7 Å². The predicted octanol–water partition coefficient (Wildman–Crippen LogP) is 3.70. The zero-order valence-electron chi connectivity index (χ0n) is 17.5. The van der Waals surface area contributed by atoms with Crippen molar-refractivity contribution in [2.45, 2.75) is 50.6 Å². The van der Waals surface area contributed by atoms with Gasteiger partial charge in [0.15, 0.2) is 5.13 Å². The Labute approximate surface area is 183 Å². The van der Waals surface area contributed by atoms with Gasteiger partial charge in [0.1, 0.15) is 10.7 Å². The molecular formula is C20H25F3N4O2S2. The van der Waals surface area contributed by atoms with Crippen LogP contribution in [0.3, 0.4) is 0 Å². The van der Waals surface area contributed by atoms with Crippen LogP contribution in [0.15, 0.2) is 34.1 Å². The van der Waals surface area contributed by atoms with Crippen LogP contribution in [0.5, 0.6) is 0 Å². The first-order valence-corrected chi connectivity index (χ1v) is 12.6. The number of halogens is 3. The van der Waals surface area contributed by atoms with E-state index in [2.05, 4.69) is 15.0 Å². The molecule has 4 unspecified atom stereocenters. The van der Waals surface area contributed by atoms with Crippen molar-refractivity contribution in [1.29, 1.82) is 0 Å². The molecule has 0 bridgehead atoms. The minimum absolute atomic E-state index is 0.0179. The summed E-state index contributed by atoms with van der Waals surface area (Å²) in [4.78, 5) is 5.52. The van der Waals surface area contributed by atoms with Crippen molar-refractivity contribution in [3.05, 3.63) is 34.1 Å². The van der Waals surface area contributed by atoms with Crippen LogP contribution in [0.25, 0.3) is 0 Å². The van der Waals surface area contributed by atoms with Gasteiger partial charge in [0.05, 0.1) is 0 Å². The van der Waals surface area contributed by atoms with Gasteiger partial charge < -0.3 is 10.2 Å². The van der Waals surface area contributed by atoms with E-state index in [1.54, 1.807) is 5.38 Å². The van der Waals surface area contributed by atoms with Crippen molar-refractivity contribution in [3.8, 4) is 0 Å². The highest BCUT2D eigenvalue weighted by Gasteiger charge is 3.04. The van der Waals surface area contributed by atoms with Gasteiger partial charge in [-0.3, -0.25) is 4.72 Å². The fourth-order valence-corrected chi connectivity index (χ4v) is 7.84. The van der Waals surface area contributed by atoms with Gasteiger partial charge in [0.2, 0.25) is 0 Å². The Kier molecular flexibility index (Phi) is 4.44. The monoisotopic (exact) mass is 474 g/mol. The molecular weight excluding hydrogens is 449 g/mol. The smallest absolute Gasteiger partial charge is 0.262 e. The van der Waals surface area contributed by atoms with E-state index in [9.17, 15) is 21.6 Å². The summed E-state index contributed by atoms with van der Waals surface area (Å²) in [6, 6.07) is -0.340. The van der Waals surface area contributed by atoms with Crippen molar-refractivity contribution in [3.63, 3.8) is 0 Å². The minimum Gasteiger partial charge on any atom is -0.384 e. The van der Waals surface area contributed by atoms with Gasteiger partial charge in [-0.15, -0.1) is 11.3 Å². The van der Waals surface area contributed by atoms with Crippen LogP contribution >= 0.6 is 11.3 Å². The number of sulfonamides is 1. The third kappa shape index (κ3) is 2.85. The van der Waals surface area contributed by atoms with Crippen LogP contribution in [-0.4, -0.2) is 50.4 Å². The Morgan fingerprint density at radius 2 is 1.97 bits per heavy atom. The molecule has 4 aliphatic carbocycles. The average Bonchev–Trinajstić information content (AvgIpc) is 3.34. The van der Waals surface area contributed by atoms with Gasteiger partial charge in [-0.1, -0.05) is 6.92 Å². The molecule has 3 saturated carbocycles. The topological polar surface area (TPSA) is 74.3 Å². The molecule has 31 heavy (non-hydrogen) atoms. The number of rotatable bonds is 6. The Balaban J connectivity index is 1.38. The zero-order valence-corrected chi connectivity index (χ0v) is 19.1. The van der Waals surface area contributed by atoms with Crippen LogP contribution in [0.1, 0.15) is 32.6 Å². The number of hydrogen-bond acceptors (Lipinski definition) is 6. The molecule has 0 aromatic carbocycles. The number of nitrogens with one attached hydrogen (secondary N) is 2. The Hall–Kier alpha value is -1.59. The fourth-order valence-electron chi connectivity index (χ4n) is 5.75. The molecule has 4 aliphatic rings. The molecule has 170 valence electrons. The van der Waals surface area contributed by atoms with Crippen LogP contribution in [-0.2, 0) is 10.0 Å². The van der Waals surface area contributed by atoms with E-state index in [4.69, 9.17) is 0 Å². The van der Waals surface area contributed by atoms with Crippen molar-refractivity contribution in [1.82, 2.24) is 15.2 Å². The molecule has 5 rings (SSSR count). The van der Waals surface area contributed by atoms with E-state index in [0.29, 0.717) is 25.0 Å². The molecule has 0 saturated heterocycles. The first kappa shape index (κ1) is 21.3. The van der Waals surface area contributed by atoms with E-state index in [1.807, 2.05) is 25.9 Å². The molecule has 0 radical (unpaired) electrons. The molecule has 0 aliphatic heterocycles. The average molecular weight is 475 g/mol. The summed E-state index contributed by atoms with van der Waals surface area (Å²) >= 11 is 1.11. The molecule has 11 heteroatoms. The lowest BCUT2D eigenvalue weighted by Crippen LogP contribution is -2.50. The first-order valence-electron chi connectivity index (χ1n) is 10.3. The number of aromatic nitrogens is 1. The standard InChI is InChI=1S/C20H25F3N4O2S2/c1-11-6-16(31(28,29)26-17-24-4-5-30-17)12(21)7-13(11)25-14-8-18-10-19(18,20(18,22)23)9-15(14)27(2)3/h4-5,7,11,14-15,25H,6,8-10H2,1-3H3,(H,24,26)/t11?,14?,15-,18?,19?/m0/s1. The Morgan fingerprint density at radius 3 is 2.58 bits per heavy atom. The third-order valence-electron chi connectivity index (χ3n) is 7.69. The summed E-state index contributed by atoms with van der Waals surface area (Å²) in [6.07, 6.45) is 3.96. The largest absolute Gasteiger partial charge is 0.384 e. The molecule has 5 atom stereocenters. The quantitative estimate of drug-likeness (QED) is 0.658. The highest BCUT2D eigenvalue weighted by atomic mass is 32.2. The summed E-state index contributed by atoms with van der Waals surface area (Å²) < 4.78 is 71.2. The molecule has 0 spiro atoms. The molecule has 3 fully saturated rings. The number of likely N-dealkylation sites (N-methyl/N-ethyl adjacent to an activating group) is 1. The summed E-state index contributed by atoms with van der Waals surface area (Å²) in [7, 11) is -0.318. The molecule has 6 nitrogen and oxygen atoms in total. The number of alkyl halides is 2. The van der Waals surface area contributed by atoms with Crippen LogP contribution < -0.4 is 10.0 Å². The molecule has 0 amide bonds. The second kappa shape index (κ2) is 6.48. The lowest BCUT2D eigenvalue weighted by atomic mass is 9.88. The summed E-state index contributed by atoms with van der Waals surface area (Å²) in [5.41, 5.74) is -1.19. The van der Waals surface area contributed by atoms with Gasteiger partial charge in [-0.05, 0) is 45.9 Å². The summed E-state index contributed by atoms with van der Waals surface area (Å²) in [6.45, 7) is 1.81. The van der Waals surface area contributed by atoms with E-state index < -0.39 is 32.6 Å². The second-order valence-corrected chi connectivity index (χ2v) is 12.1. The lowest BCUT2D eigenvalue weighted by Gasteiger charge is -2.38. The second-order valence-electron chi connectivity index (χ2n) is 9.52. The van der Waals surface area contributed by atoms with E-state index in [0.717, 1.165) is 11.3 Å². The number of hydrogen-bond donors (Lipinski definition) is 2. The minimum atomic E-state index is -4.07. The van der Waals surface area contributed by atoms with Gasteiger partial charge in [-0.2, -0.15) is 0 Å². The SMILES string of the molecule is CC1CC(S(=O)(=O)Nc2nccs2)=C(F)C=C1NC1CC23CC2(C[C@@H]1N(C)C)C3(F)F. The molecule has 1 aromatic heterocycles. The molecule has 2 N–H and O–H groups in total. The predicted molar refractivity (Wildman–Crippen MR) is 113 cm³/mol. The maximum absolute atomic E-state index is 14.9. The van der Waals surface area contributed by atoms with Crippen LogP contribution in [0.2, 0.25) is 0 Å². The van der Waals surface area contributed by atoms with E-state index in [1.165, 1.54) is 12.3 Å². The Bertz CT molecular complexity index is 1090. The van der Waals surface area contributed by atoms with Gasteiger partial charge in [-0.25, -0.2) is 26.6 Å². The Morgan fingerprint density at radius 1 is 1.26 bits per heavy atom. The molecule has 1 aromatic rings. The maximum Gasteiger partial charge on any atom is 0.262 e. The molecule has 1 heterocycles. The normalized spacial score (nSPS) is 38.3. The maximum atomic E-state index is 14.9. The number of anilines is 1. The van der Waals surface area contributed by atoms with Crippen LogP contribution in [0, 0.1) is 16.7 Å². The van der Waals surface area contributed by atoms with Gasteiger partial charge in [0, 0.05) is 46.1 Å². The van der Waals surface area contributed by atoms with E-state index >= 15 is 0 Å². The lowest BCUT2D eigenvalue weighted by molar-refractivity contribution is 0.00269.